The summed E-state index contributed by atoms with van der Waals surface area (Å²) in [5.74, 6) is -2.50. The van der Waals surface area contributed by atoms with E-state index < -0.39 is 29.4 Å². The maximum Gasteiger partial charge on any atom is 0.167 e. The fourth-order valence-electron chi connectivity index (χ4n) is 6.73. The molecular formula is C38H44F4O. The highest BCUT2D eigenvalue weighted by Crippen LogP contribution is 2.51. The highest BCUT2D eigenvalue weighted by atomic mass is 19.2. The van der Waals surface area contributed by atoms with Crippen molar-refractivity contribution in [3.8, 4) is 22.3 Å². The molecule has 0 aromatic heterocycles. The van der Waals surface area contributed by atoms with Crippen molar-refractivity contribution in [1.29, 1.82) is 0 Å². The SMILES string of the molecule is C=CCCCC1C[C@H]1c1ccc(-c2ccc(-c3ccc(C4CCC(CCCCCCC)CO4)c(F)c3F)cc2)c(F)c1F. The zero-order valence-electron chi connectivity index (χ0n) is 25.3. The van der Waals surface area contributed by atoms with Gasteiger partial charge in [0.05, 0.1) is 12.7 Å². The van der Waals surface area contributed by atoms with E-state index in [1.165, 1.54) is 32.1 Å². The third-order valence-electron chi connectivity index (χ3n) is 9.47. The molecule has 3 aromatic carbocycles. The smallest absolute Gasteiger partial charge is 0.167 e. The first-order valence-electron chi connectivity index (χ1n) is 16.2. The first-order valence-corrected chi connectivity index (χ1v) is 16.2. The van der Waals surface area contributed by atoms with Crippen molar-refractivity contribution in [3.05, 3.63) is 95.6 Å². The second kappa shape index (κ2) is 14.7. The van der Waals surface area contributed by atoms with Crippen LogP contribution in [0.3, 0.4) is 0 Å². The van der Waals surface area contributed by atoms with Gasteiger partial charge in [0.15, 0.2) is 23.3 Å². The lowest BCUT2D eigenvalue weighted by atomic mass is 9.90. The van der Waals surface area contributed by atoms with Crippen molar-refractivity contribution < 1.29 is 22.3 Å². The highest BCUT2D eigenvalue weighted by molar-refractivity contribution is 5.71. The van der Waals surface area contributed by atoms with Gasteiger partial charge in [-0.2, -0.15) is 0 Å². The summed E-state index contributed by atoms with van der Waals surface area (Å²) in [4.78, 5) is 0. The molecule has 0 amide bonds. The van der Waals surface area contributed by atoms with E-state index >= 15 is 17.6 Å². The predicted octanol–water partition coefficient (Wildman–Crippen LogP) is 11.9. The summed E-state index contributed by atoms with van der Waals surface area (Å²) in [6, 6.07) is 13.0. The van der Waals surface area contributed by atoms with E-state index in [0.29, 0.717) is 41.6 Å². The second-order valence-corrected chi connectivity index (χ2v) is 12.5. The molecule has 4 atom stereocenters. The minimum Gasteiger partial charge on any atom is -0.373 e. The van der Waals surface area contributed by atoms with Gasteiger partial charge in [0.25, 0.3) is 0 Å². The molecule has 3 aromatic rings. The average molecular weight is 593 g/mol. The van der Waals surface area contributed by atoms with Crippen molar-refractivity contribution in [1.82, 2.24) is 0 Å². The summed E-state index contributed by atoms with van der Waals surface area (Å²) >= 11 is 0. The summed E-state index contributed by atoms with van der Waals surface area (Å²) < 4.78 is 66.8. The molecule has 1 aliphatic carbocycles. The lowest BCUT2D eigenvalue weighted by Crippen LogP contribution is -2.21. The lowest BCUT2D eigenvalue weighted by molar-refractivity contribution is -0.0218. The summed E-state index contributed by atoms with van der Waals surface area (Å²) in [5, 5.41) is 0. The zero-order chi connectivity index (χ0) is 30.3. The molecule has 1 heterocycles. The molecular weight excluding hydrogens is 548 g/mol. The quantitative estimate of drug-likeness (QED) is 0.103. The predicted molar refractivity (Wildman–Crippen MR) is 167 cm³/mol. The van der Waals surface area contributed by atoms with Crippen LogP contribution in [0.5, 0.6) is 0 Å². The second-order valence-electron chi connectivity index (χ2n) is 12.5. The monoisotopic (exact) mass is 592 g/mol. The van der Waals surface area contributed by atoms with Crippen LogP contribution in [-0.2, 0) is 4.74 Å². The van der Waals surface area contributed by atoms with E-state index in [4.69, 9.17) is 4.74 Å². The molecule has 0 bridgehead atoms. The van der Waals surface area contributed by atoms with Crippen LogP contribution in [0.2, 0.25) is 0 Å². The maximum atomic E-state index is 15.3. The Morgan fingerprint density at radius 1 is 0.721 bits per heavy atom. The Morgan fingerprint density at radius 2 is 1.35 bits per heavy atom. The van der Waals surface area contributed by atoms with Crippen molar-refractivity contribution in [3.63, 3.8) is 0 Å². The fourth-order valence-corrected chi connectivity index (χ4v) is 6.73. The van der Waals surface area contributed by atoms with E-state index in [2.05, 4.69) is 13.5 Å². The topological polar surface area (TPSA) is 9.23 Å². The fraction of sp³-hybridized carbons (Fsp3) is 0.474. The average Bonchev–Trinajstić information content (AvgIpc) is 3.79. The normalized spacial score (nSPS) is 21.6. The first-order chi connectivity index (χ1) is 20.9. The van der Waals surface area contributed by atoms with E-state index in [1.807, 2.05) is 6.08 Å². The van der Waals surface area contributed by atoms with Gasteiger partial charge in [-0.25, -0.2) is 17.6 Å². The molecule has 0 N–H and O–H groups in total. The molecule has 1 nitrogen and oxygen atoms in total. The molecule has 43 heavy (non-hydrogen) atoms. The summed E-state index contributed by atoms with van der Waals surface area (Å²) in [6.45, 7) is 6.53. The third-order valence-corrected chi connectivity index (χ3v) is 9.47. The lowest BCUT2D eigenvalue weighted by Gasteiger charge is -2.30. The molecule has 1 saturated carbocycles. The van der Waals surface area contributed by atoms with Gasteiger partial charge in [0.1, 0.15) is 0 Å². The molecule has 230 valence electrons. The highest BCUT2D eigenvalue weighted by Gasteiger charge is 2.40. The van der Waals surface area contributed by atoms with Crippen LogP contribution in [0.15, 0.2) is 61.2 Å². The standard InChI is InChI=1S/C38H44F4O/c1-3-5-7-8-10-11-25-13-22-34(43-24-25)32-21-19-30(36(40)38(32)42)27-16-14-26(15-17-27)29-18-20-31(37(41)35(29)39)33-23-28(33)12-9-6-4-2/h4,14-21,25,28,33-34H,2-3,5-13,22-24H2,1H3/t25?,28?,33-,34?/m1/s1. The number of hydrogen-bond donors (Lipinski definition) is 0. The van der Waals surface area contributed by atoms with Crippen LogP contribution in [0.1, 0.15) is 107 Å². The summed E-state index contributed by atoms with van der Waals surface area (Å²) in [5.41, 5.74) is 1.95. The van der Waals surface area contributed by atoms with Crippen LogP contribution in [0, 0.1) is 35.1 Å². The molecule has 5 heteroatoms. The Hall–Kier alpha value is -2.92. The van der Waals surface area contributed by atoms with Gasteiger partial charge >= 0.3 is 0 Å². The van der Waals surface area contributed by atoms with Gasteiger partial charge in [-0.1, -0.05) is 93.6 Å². The molecule has 2 aliphatic rings. The Labute approximate surface area is 254 Å². The Kier molecular flexibility index (Phi) is 10.8. The van der Waals surface area contributed by atoms with Gasteiger partial charge < -0.3 is 4.74 Å². The number of benzene rings is 3. The van der Waals surface area contributed by atoms with Crippen molar-refractivity contribution in [2.45, 2.75) is 96.0 Å². The largest absolute Gasteiger partial charge is 0.373 e. The van der Waals surface area contributed by atoms with Gasteiger partial charge in [0, 0.05) is 16.7 Å². The van der Waals surface area contributed by atoms with Gasteiger partial charge in [-0.15, -0.1) is 6.58 Å². The molecule has 1 aliphatic heterocycles. The van der Waals surface area contributed by atoms with Crippen LogP contribution in [-0.4, -0.2) is 6.61 Å². The third kappa shape index (κ3) is 7.42. The zero-order valence-corrected chi connectivity index (χ0v) is 25.3. The Morgan fingerprint density at radius 3 is 1.95 bits per heavy atom. The van der Waals surface area contributed by atoms with Crippen LogP contribution in [0.4, 0.5) is 17.6 Å². The van der Waals surface area contributed by atoms with Gasteiger partial charge in [-0.3, -0.25) is 0 Å². The van der Waals surface area contributed by atoms with Gasteiger partial charge in [-0.05, 0) is 79.4 Å². The van der Waals surface area contributed by atoms with Gasteiger partial charge in [0.2, 0.25) is 0 Å². The molecule has 0 radical (unpaired) electrons. The van der Waals surface area contributed by atoms with Crippen molar-refractivity contribution in [2.75, 3.05) is 6.61 Å². The van der Waals surface area contributed by atoms with Crippen molar-refractivity contribution >= 4 is 0 Å². The maximum absolute atomic E-state index is 15.3. The number of allylic oxidation sites excluding steroid dienone is 1. The number of unbranched alkanes of at least 4 members (excludes halogenated alkanes) is 5. The number of hydrogen-bond acceptors (Lipinski definition) is 1. The molecule has 1 saturated heterocycles. The van der Waals surface area contributed by atoms with Crippen LogP contribution < -0.4 is 0 Å². The minimum atomic E-state index is -0.916. The molecule has 5 rings (SSSR count). The van der Waals surface area contributed by atoms with Crippen LogP contribution in [0.25, 0.3) is 22.3 Å². The Balaban J connectivity index is 1.22. The number of rotatable bonds is 14. The molecule has 0 spiro atoms. The van der Waals surface area contributed by atoms with Crippen molar-refractivity contribution in [2.24, 2.45) is 11.8 Å². The van der Waals surface area contributed by atoms with E-state index in [-0.39, 0.29) is 22.6 Å². The first kappa shape index (κ1) is 31.5. The number of halogens is 4. The van der Waals surface area contributed by atoms with E-state index in [9.17, 15) is 0 Å². The Bertz CT molecular complexity index is 1370. The molecule has 3 unspecified atom stereocenters. The van der Waals surface area contributed by atoms with Crippen LogP contribution >= 0.6 is 0 Å². The minimum absolute atomic E-state index is 0.0670. The van der Waals surface area contributed by atoms with E-state index in [0.717, 1.165) is 38.5 Å². The van der Waals surface area contributed by atoms with E-state index in [1.54, 1.807) is 48.5 Å². The summed E-state index contributed by atoms with van der Waals surface area (Å²) in [6.07, 6.45) is 14.2. The number of ether oxygens (including phenoxy) is 1. The summed E-state index contributed by atoms with van der Waals surface area (Å²) in [7, 11) is 0. The molecule has 2 fully saturated rings.